The number of β-lactam (4-membered cyclic amide) rings is 1. The van der Waals surface area contributed by atoms with Crippen LogP contribution in [0.15, 0.2) is 60.7 Å². The van der Waals surface area contributed by atoms with Crippen LogP contribution in [-0.2, 0) is 11.3 Å². The molecule has 8 heteroatoms. The predicted molar refractivity (Wildman–Crippen MR) is 133 cm³/mol. The molecule has 3 aromatic rings. The second kappa shape index (κ2) is 10.6. The van der Waals surface area contributed by atoms with Crippen LogP contribution in [-0.4, -0.2) is 46.0 Å². The van der Waals surface area contributed by atoms with Crippen molar-refractivity contribution >= 4 is 11.6 Å². The zero-order valence-corrected chi connectivity index (χ0v) is 20.3. The van der Waals surface area contributed by atoms with Gasteiger partial charge in [0.05, 0.1) is 46.1 Å². The van der Waals surface area contributed by atoms with Gasteiger partial charge in [-0.05, 0) is 23.3 Å². The highest BCUT2D eigenvalue weighted by molar-refractivity contribution is 6.04. The Morgan fingerprint density at radius 2 is 1.51 bits per heavy atom. The van der Waals surface area contributed by atoms with Crippen LogP contribution >= 0.6 is 0 Å². The largest absolute Gasteiger partial charge is 0.504 e. The zero-order valence-electron chi connectivity index (χ0n) is 20.3. The highest BCUT2D eigenvalue weighted by Gasteiger charge is 2.49. The maximum Gasteiger partial charge on any atom is 0.234 e. The molecule has 1 amide bonds. The van der Waals surface area contributed by atoms with Crippen LogP contribution < -0.4 is 29.2 Å². The van der Waals surface area contributed by atoms with Gasteiger partial charge in [0, 0.05) is 25.2 Å². The predicted octanol–water partition coefficient (Wildman–Crippen LogP) is 3.92. The third-order valence-electron chi connectivity index (χ3n) is 6.22. The molecule has 2 N–H and O–H groups in total. The van der Waals surface area contributed by atoms with E-state index in [4.69, 9.17) is 18.9 Å². The highest BCUT2D eigenvalue weighted by atomic mass is 16.5. The van der Waals surface area contributed by atoms with Crippen LogP contribution in [0.2, 0.25) is 0 Å². The number of benzene rings is 3. The Hall–Kier alpha value is -3.91. The van der Waals surface area contributed by atoms with Crippen LogP contribution in [0.5, 0.6) is 28.7 Å². The first-order valence-corrected chi connectivity index (χ1v) is 11.3. The molecule has 184 valence electrons. The van der Waals surface area contributed by atoms with Crippen LogP contribution in [0.3, 0.4) is 0 Å². The van der Waals surface area contributed by atoms with Crippen molar-refractivity contribution in [3.63, 3.8) is 0 Å². The first-order chi connectivity index (χ1) is 17.0. The van der Waals surface area contributed by atoms with E-state index < -0.39 is 0 Å². The Balaban J connectivity index is 1.67. The molecule has 0 aromatic heterocycles. The van der Waals surface area contributed by atoms with E-state index in [0.717, 1.165) is 11.1 Å². The molecule has 1 heterocycles. The molecule has 0 bridgehead atoms. The van der Waals surface area contributed by atoms with Crippen LogP contribution in [0.4, 0.5) is 5.69 Å². The van der Waals surface area contributed by atoms with Gasteiger partial charge in [0.2, 0.25) is 11.7 Å². The fourth-order valence-corrected chi connectivity index (χ4v) is 4.48. The number of anilines is 1. The quantitative estimate of drug-likeness (QED) is 0.427. The summed E-state index contributed by atoms with van der Waals surface area (Å²) < 4.78 is 21.6. The molecule has 2 atom stereocenters. The monoisotopic (exact) mass is 478 g/mol. The first kappa shape index (κ1) is 24.2. The minimum Gasteiger partial charge on any atom is -0.504 e. The summed E-state index contributed by atoms with van der Waals surface area (Å²) in [6.45, 7) is 1.13. The van der Waals surface area contributed by atoms with Crippen molar-refractivity contribution in [3.8, 4) is 28.7 Å². The second-order valence-corrected chi connectivity index (χ2v) is 8.19. The van der Waals surface area contributed by atoms with E-state index in [9.17, 15) is 9.90 Å². The van der Waals surface area contributed by atoms with Gasteiger partial charge in [-0.15, -0.1) is 0 Å². The van der Waals surface area contributed by atoms with Crippen LogP contribution in [0.25, 0.3) is 0 Å². The van der Waals surface area contributed by atoms with Gasteiger partial charge in [-0.3, -0.25) is 4.79 Å². The summed E-state index contributed by atoms with van der Waals surface area (Å²) in [5, 5.41) is 13.8. The lowest BCUT2D eigenvalue weighted by Crippen LogP contribution is -2.58. The Bertz CT molecular complexity index is 1160. The van der Waals surface area contributed by atoms with Crippen molar-refractivity contribution in [1.82, 2.24) is 5.32 Å². The van der Waals surface area contributed by atoms with Gasteiger partial charge >= 0.3 is 0 Å². The van der Waals surface area contributed by atoms with Gasteiger partial charge in [0.25, 0.3) is 0 Å². The summed E-state index contributed by atoms with van der Waals surface area (Å²) in [6, 6.07) is 18.4. The molecular weight excluding hydrogens is 448 g/mol. The lowest BCUT2D eigenvalue weighted by atomic mass is 9.81. The molecule has 1 fully saturated rings. The average molecular weight is 479 g/mol. The Morgan fingerprint density at radius 3 is 2.09 bits per heavy atom. The van der Waals surface area contributed by atoms with Crippen molar-refractivity contribution in [2.45, 2.75) is 12.6 Å². The van der Waals surface area contributed by atoms with Crippen molar-refractivity contribution in [1.29, 1.82) is 0 Å². The fourth-order valence-electron chi connectivity index (χ4n) is 4.48. The molecule has 8 nitrogen and oxygen atoms in total. The van der Waals surface area contributed by atoms with E-state index >= 15 is 0 Å². The number of nitrogens with zero attached hydrogens (tertiary/aromatic N) is 1. The van der Waals surface area contributed by atoms with Crippen molar-refractivity contribution in [2.75, 3.05) is 39.9 Å². The number of phenolic OH excluding ortho intramolecular Hbond substituents is 1. The van der Waals surface area contributed by atoms with E-state index in [1.165, 1.54) is 28.4 Å². The smallest absolute Gasteiger partial charge is 0.234 e. The van der Waals surface area contributed by atoms with Crippen molar-refractivity contribution < 1.29 is 28.8 Å². The average Bonchev–Trinajstić information content (AvgIpc) is 2.89. The topological polar surface area (TPSA) is 89.5 Å². The Morgan fingerprint density at radius 1 is 0.857 bits per heavy atom. The second-order valence-electron chi connectivity index (χ2n) is 8.19. The molecular formula is C27H30N2O6. The van der Waals surface area contributed by atoms with E-state index in [-0.39, 0.29) is 23.6 Å². The molecule has 0 unspecified atom stereocenters. The number of hydrogen-bond acceptors (Lipinski definition) is 7. The van der Waals surface area contributed by atoms with Crippen molar-refractivity contribution in [2.24, 2.45) is 5.92 Å². The number of ether oxygens (including phenoxy) is 4. The number of nitrogens with one attached hydrogen (secondary N) is 1. The van der Waals surface area contributed by atoms with E-state index in [1.54, 1.807) is 29.2 Å². The van der Waals surface area contributed by atoms with E-state index in [1.807, 2.05) is 36.4 Å². The molecule has 0 spiro atoms. The molecule has 1 aliphatic rings. The lowest BCUT2D eigenvalue weighted by Gasteiger charge is -2.47. The third-order valence-corrected chi connectivity index (χ3v) is 6.22. The molecule has 4 rings (SSSR count). The van der Waals surface area contributed by atoms with Crippen LogP contribution in [0, 0.1) is 5.92 Å². The molecule has 3 aromatic carbocycles. The standard InChI is InChI=1S/C27H30N2O6/c1-32-22-11-10-18(12-21(22)30)25-20(16-28-15-17-8-6-5-7-9-17)27(31)29(25)19-13-23(33-2)26(35-4)24(14-19)34-3/h5-14,20,25,28,30H,15-16H2,1-4H3/t20-,25+/m1/s1. The van der Waals surface area contributed by atoms with E-state index in [0.29, 0.717) is 41.8 Å². The normalized spacial score (nSPS) is 17.0. The van der Waals surface area contributed by atoms with Gasteiger partial charge in [0.1, 0.15) is 0 Å². The molecule has 1 aliphatic heterocycles. The number of rotatable bonds is 10. The van der Waals surface area contributed by atoms with E-state index in [2.05, 4.69) is 5.32 Å². The molecule has 0 aliphatic carbocycles. The summed E-state index contributed by atoms with van der Waals surface area (Å²) in [5.74, 6) is 1.38. The molecule has 0 radical (unpaired) electrons. The van der Waals surface area contributed by atoms with Crippen molar-refractivity contribution in [3.05, 3.63) is 71.8 Å². The first-order valence-electron chi connectivity index (χ1n) is 11.3. The number of carbonyl (C=O) groups excluding carboxylic acids is 1. The van der Waals surface area contributed by atoms with Gasteiger partial charge in [-0.1, -0.05) is 36.4 Å². The third kappa shape index (κ3) is 4.70. The van der Waals surface area contributed by atoms with Gasteiger partial charge in [-0.25, -0.2) is 0 Å². The van der Waals surface area contributed by atoms with Gasteiger partial charge < -0.3 is 34.3 Å². The summed E-state index contributed by atoms with van der Waals surface area (Å²) in [6.07, 6.45) is 0. The number of carbonyl (C=O) groups is 1. The van der Waals surface area contributed by atoms with Gasteiger partial charge in [-0.2, -0.15) is 0 Å². The molecule has 35 heavy (non-hydrogen) atoms. The number of aromatic hydroxyl groups is 1. The zero-order chi connectivity index (χ0) is 24.9. The summed E-state index contributed by atoms with van der Waals surface area (Å²) in [4.78, 5) is 15.1. The van der Waals surface area contributed by atoms with Gasteiger partial charge in [0.15, 0.2) is 23.0 Å². The maximum absolute atomic E-state index is 13.4. The Kier molecular flexibility index (Phi) is 7.31. The maximum atomic E-state index is 13.4. The minimum atomic E-state index is -0.328. The summed E-state index contributed by atoms with van der Waals surface area (Å²) in [5.41, 5.74) is 2.55. The number of methoxy groups -OCH3 is 4. The SMILES string of the molecule is COc1ccc([C@H]2[C@@H](CNCc3ccccc3)C(=O)N2c2cc(OC)c(OC)c(OC)c2)cc1O. The highest BCUT2D eigenvalue weighted by Crippen LogP contribution is 2.49. The summed E-state index contributed by atoms with van der Waals surface area (Å²) in [7, 11) is 6.11. The number of hydrogen-bond donors (Lipinski definition) is 2. The van der Waals surface area contributed by atoms with Crippen LogP contribution in [0.1, 0.15) is 17.2 Å². The Labute approximate surface area is 205 Å². The number of amides is 1. The molecule has 1 saturated heterocycles. The molecule has 0 saturated carbocycles. The summed E-state index contributed by atoms with van der Waals surface area (Å²) >= 11 is 0. The minimum absolute atomic E-state index is 0.0187. The lowest BCUT2D eigenvalue weighted by molar-refractivity contribution is -0.130. The number of phenols is 1. The fraction of sp³-hybridized carbons (Fsp3) is 0.296.